The molecule has 0 saturated heterocycles. The average Bonchev–Trinajstić information content (AvgIpc) is 3.49. The van der Waals surface area contributed by atoms with Crippen molar-refractivity contribution in [2.45, 2.75) is 51.6 Å². The molecule has 0 atom stereocenters. The highest BCUT2D eigenvalue weighted by molar-refractivity contribution is 5.85. The van der Waals surface area contributed by atoms with Gasteiger partial charge in [0.1, 0.15) is 5.82 Å². The first-order valence-corrected chi connectivity index (χ1v) is 12.6. The average molecular weight is 484 g/mol. The van der Waals surface area contributed by atoms with Crippen molar-refractivity contribution in [2.24, 2.45) is 0 Å². The van der Waals surface area contributed by atoms with E-state index in [9.17, 15) is 14.4 Å². The zero-order valence-corrected chi connectivity index (χ0v) is 20.1. The number of carbonyl (C=O) groups excluding carboxylic acids is 1. The Bertz CT molecular complexity index is 1550. The maximum Gasteiger partial charge on any atom is 0.329 e. The molecule has 0 spiro atoms. The van der Waals surface area contributed by atoms with Gasteiger partial charge >= 0.3 is 5.69 Å². The summed E-state index contributed by atoms with van der Waals surface area (Å²) in [5.41, 5.74) is 6.17. The molecule has 0 fully saturated rings. The molecule has 6 rings (SSSR count). The van der Waals surface area contributed by atoms with Crippen LogP contribution in [0.3, 0.4) is 0 Å². The monoisotopic (exact) mass is 483 g/mol. The molecular weight excluding hydrogens is 454 g/mol. The number of carbonyl (C=O) groups is 1. The van der Waals surface area contributed by atoms with Gasteiger partial charge in [-0.1, -0.05) is 24.3 Å². The lowest BCUT2D eigenvalue weighted by Gasteiger charge is -2.27. The first kappa shape index (κ1) is 22.4. The zero-order valence-electron chi connectivity index (χ0n) is 20.1. The largest absolute Gasteiger partial charge is 0.357 e. The number of anilines is 2. The standard InChI is InChI=1S/C28H29N5O3/c34-26(32-14-12-22-21-7-1-2-8-23(21)30-24(22)17-32)9-4-13-33-27(35)16-25(31-28(33)36)29-20-11-10-18-5-3-6-19(18)15-20/h1-2,7-8,10-11,15-16,29-30H,3-6,9,12-14,17H2,(H,31,36). The normalized spacial score (nSPS) is 14.6. The number of aryl methyl sites for hydroxylation is 2. The van der Waals surface area contributed by atoms with E-state index >= 15 is 0 Å². The number of benzene rings is 2. The van der Waals surface area contributed by atoms with Crippen molar-refractivity contribution in [3.05, 3.63) is 91.8 Å². The van der Waals surface area contributed by atoms with Crippen LogP contribution in [-0.4, -0.2) is 31.9 Å². The van der Waals surface area contributed by atoms with Gasteiger partial charge in [-0.3, -0.25) is 19.1 Å². The molecule has 184 valence electrons. The number of rotatable bonds is 6. The molecule has 0 bridgehead atoms. The number of fused-ring (bicyclic) bond motifs is 4. The van der Waals surface area contributed by atoms with Gasteiger partial charge in [-0.05, 0) is 67.0 Å². The van der Waals surface area contributed by atoms with Crippen molar-refractivity contribution in [3.63, 3.8) is 0 Å². The molecule has 0 unspecified atom stereocenters. The van der Waals surface area contributed by atoms with Crippen molar-refractivity contribution in [2.75, 3.05) is 11.9 Å². The zero-order chi connectivity index (χ0) is 24.6. The minimum absolute atomic E-state index is 0.0404. The number of hydrogen-bond acceptors (Lipinski definition) is 4. The molecule has 8 heteroatoms. The van der Waals surface area contributed by atoms with E-state index in [1.165, 1.54) is 28.1 Å². The van der Waals surface area contributed by atoms with Gasteiger partial charge in [-0.15, -0.1) is 0 Å². The maximum absolute atomic E-state index is 12.8. The number of nitrogens with zero attached hydrogens (tertiary/aromatic N) is 2. The highest BCUT2D eigenvalue weighted by Crippen LogP contribution is 2.28. The van der Waals surface area contributed by atoms with Gasteiger partial charge in [0, 0.05) is 47.9 Å². The quantitative estimate of drug-likeness (QED) is 0.390. The number of H-pyrrole nitrogens is 2. The molecule has 8 nitrogen and oxygen atoms in total. The molecule has 1 amide bonds. The van der Waals surface area contributed by atoms with Crippen LogP contribution in [0.15, 0.2) is 58.1 Å². The molecule has 0 saturated carbocycles. The van der Waals surface area contributed by atoms with E-state index < -0.39 is 5.69 Å². The number of hydrogen-bond donors (Lipinski definition) is 3. The van der Waals surface area contributed by atoms with Crippen LogP contribution in [0.5, 0.6) is 0 Å². The fraction of sp³-hybridized carbons (Fsp3) is 0.321. The third-order valence-corrected chi connectivity index (χ3v) is 7.41. The minimum atomic E-state index is -0.473. The minimum Gasteiger partial charge on any atom is -0.357 e. The predicted octanol–water partition coefficient (Wildman–Crippen LogP) is 3.62. The molecule has 2 aromatic carbocycles. The van der Waals surface area contributed by atoms with Crippen LogP contribution in [-0.2, 0) is 37.1 Å². The van der Waals surface area contributed by atoms with Crippen LogP contribution in [0, 0.1) is 0 Å². The summed E-state index contributed by atoms with van der Waals surface area (Å²) in [5.74, 6) is 0.413. The first-order valence-electron chi connectivity index (χ1n) is 12.6. The second-order valence-electron chi connectivity index (χ2n) is 9.74. The van der Waals surface area contributed by atoms with E-state index in [0.717, 1.165) is 47.1 Å². The van der Waals surface area contributed by atoms with Gasteiger partial charge in [0.05, 0.1) is 6.54 Å². The number of para-hydroxylation sites is 1. The summed E-state index contributed by atoms with van der Waals surface area (Å²) < 4.78 is 1.16. The molecule has 36 heavy (non-hydrogen) atoms. The van der Waals surface area contributed by atoms with Gasteiger partial charge in [0.15, 0.2) is 0 Å². The van der Waals surface area contributed by atoms with E-state index in [1.54, 1.807) is 0 Å². The summed E-state index contributed by atoms with van der Waals surface area (Å²) in [5, 5.41) is 4.37. The molecule has 1 aliphatic carbocycles. The highest BCUT2D eigenvalue weighted by atomic mass is 16.2. The fourth-order valence-corrected chi connectivity index (χ4v) is 5.56. The number of nitrogens with one attached hydrogen (secondary N) is 3. The Balaban J connectivity index is 1.07. The Morgan fingerprint density at radius 3 is 2.72 bits per heavy atom. The van der Waals surface area contributed by atoms with E-state index in [1.807, 2.05) is 23.1 Å². The fourth-order valence-electron chi connectivity index (χ4n) is 5.56. The van der Waals surface area contributed by atoms with Crippen LogP contribution in [0.4, 0.5) is 11.5 Å². The molecule has 0 radical (unpaired) electrons. The second kappa shape index (κ2) is 9.18. The lowest BCUT2D eigenvalue weighted by atomic mass is 10.0. The highest BCUT2D eigenvalue weighted by Gasteiger charge is 2.23. The van der Waals surface area contributed by atoms with Gasteiger partial charge in [-0.25, -0.2) is 4.79 Å². The Hall–Kier alpha value is -4.07. The maximum atomic E-state index is 12.8. The number of amides is 1. The molecule has 2 aliphatic rings. The van der Waals surface area contributed by atoms with Crippen LogP contribution in [0.25, 0.3) is 10.9 Å². The van der Waals surface area contributed by atoms with Gasteiger partial charge in [-0.2, -0.15) is 0 Å². The van der Waals surface area contributed by atoms with Crippen LogP contribution < -0.4 is 16.6 Å². The third kappa shape index (κ3) is 4.23. The van der Waals surface area contributed by atoms with Crippen molar-refractivity contribution in [1.82, 2.24) is 19.4 Å². The van der Waals surface area contributed by atoms with Gasteiger partial charge in [0.25, 0.3) is 5.56 Å². The summed E-state index contributed by atoms with van der Waals surface area (Å²) in [6.07, 6.45) is 4.86. The van der Waals surface area contributed by atoms with Crippen molar-refractivity contribution < 1.29 is 4.79 Å². The Labute approximate surface area is 208 Å². The SMILES string of the molecule is O=C(CCCn1c(=O)cc(Nc2ccc3c(c2)CCC3)[nH]c1=O)N1CCc2c([nH]c3ccccc23)C1. The molecule has 3 heterocycles. The van der Waals surface area contributed by atoms with Crippen molar-refractivity contribution in [1.29, 1.82) is 0 Å². The Morgan fingerprint density at radius 1 is 0.972 bits per heavy atom. The molecule has 1 aliphatic heterocycles. The smallest absolute Gasteiger partial charge is 0.329 e. The van der Waals surface area contributed by atoms with Crippen molar-refractivity contribution in [3.8, 4) is 0 Å². The summed E-state index contributed by atoms with van der Waals surface area (Å²) >= 11 is 0. The lowest BCUT2D eigenvalue weighted by molar-refractivity contribution is -0.132. The summed E-state index contributed by atoms with van der Waals surface area (Å²) in [6, 6.07) is 15.8. The van der Waals surface area contributed by atoms with E-state index in [-0.39, 0.29) is 24.4 Å². The third-order valence-electron chi connectivity index (χ3n) is 7.41. The number of aromatic nitrogens is 3. The second-order valence-corrected chi connectivity index (χ2v) is 9.74. The van der Waals surface area contributed by atoms with Gasteiger partial charge in [0.2, 0.25) is 5.91 Å². The van der Waals surface area contributed by atoms with Crippen molar-refractivity contribution >= 4 is 28.3 Å². The Kier molecular flexibility index (Phi) is 5.71. The van der Waals surface area contributed by atoms with E-state index in [4.69, 9.17) is 0 Å². The summed E-state index contributed by atoms with van der Waals surface area (Å²) in [4.78, 5) is 46.1. The summed E-state index contributed by atoms with van der Waals surface area (Å²) in [7, 11) is 0. The van der Waals surface area contributed by atoms with Crippen LogP contribution in [0.1, 0.15) is 41.6 Å². The molecule has 2 aromatic heterocycles. The first-order chi connectivity index (χ1) is 17.5. The molecular formula is C28H29N5O3. The van der Waals surface area contributed by atoms with Gasteiger partial charge < -0.3 is 15.2 Å². The topological polar surface area (TPSA) is 103 Å². The number of aromatic amines is 2. The van der Waals surface area contributed by atoms with E-state index in [2.05, 4.69) is 39.6 Å². The summed E-state index contributed by atoms with van der Waals surface area (Å²) in [6.45, 7) is 1.44. The predicted molar refractivity (Wildman–Crippen MR) is 140 cm³/mol. The van der Waals surface area contributed by atoms with Crippen LogP contribution >= 0.6 is 0 Å². The lowest BCUT2D eigenvalue weighted by Crippen LogP contribution is -2.37. The van der Waals surface area contributed by atoms with E-state index in [0.29, 0.717) is 25.3 Å². The Morgan fingerprint density at radius 2 is 1.83 bits per heavy atom. The van der Waals surface area contributed by atoms with Crippen LogP contribution in [0.2, 0.25) is 0 Å². The molecule has 4 aromatic rings. The molecule has 3 N–H and O–H groups in total.